The minimum absolute atomic E-state index is 0.329. The molecule has 1 aromatic heterocycles. The second-order valence-electron chi connectivity index (χ2n) is 3.92. The van der Waals surface area contributed by atoms with E-state index in [0.29, 0.717) is 16.5 Å². The van der Waals surface area contributed by atoms with E-state index in [1.54, 1.807) is 12.1 Å². The number of hydrogen-bond donors (Lipinski definition) is 1. The molecule has 98 valence electrons. The number of hydrogen-bond acceptors (Lipinski definition) is 4. The number of nitriles is 1. The third-order valence-corrected chi connectivity index (χ3v) is 2.53. The van der Waals surface area contributed by atoms with Crippen LogP contribution in [0.1, 0.15) is 31.7 Å². The lowest BCUT2D eigenvalue weighted by molar-refractivity contribution is 0.131. The second-order valence-corrected chi connectivity index (χ2v) is 4.31. The van der Waals surface area contributed by atoms with E-state index < -0.39 is 0 Å². The molecule has 0 aliphatic rings. The van der Waals surface area contributed by atoms with Gasteiger partial charge in [-0.3, -0.25) is 0 Å². The zero-order chi connectivity index (χ0) is 13.2. The minimum atomic E-state index is 0.329. The molecule has 1 N–H and O–H groups in total. The molecular formula is C13H18ClN3O. The van der Waals surface area contributed by atoms with Crippen molar-refractivity contribution in [3.8, 4) is 6.07 Å². The van der Waals surface area contributed by atoms with E-state index in [0.717, 1.165) is 39.0 Å². The first-order chi connectivity index (χ1) is 8.76. The van der Waals surface area contributed by atoms with Crippen molar-refractivity contribution in [3.05, 3.63) is 22.8 Å². The Hall–Kier alpha value is -1.31. The topological polar surface area (TPSA) is 57.9 Å². The Balaban J connectivity index is 2.23. The van der Waals surface area contributed by atoms with Crippen LogP contribution in [0, 0.1) is 11.3 Å². The van der Waals surface area contributed by atoms with Crippen molar-refractivity contribution in [3.63, 3.8) is 0 Å². The summed E-state index contributed by atoms with van der Waals surface area (Å²) in [6, 6.07) is 5.27. The summed E-state index contributed by atoms with van der Waals surface area (Å²) in [4.78, 5) is 4.09. The summed E-state index contributed by atoms with van der Waals surface area (Å²) in [7, 11) is 0. The van der Waals surface area contributed by atoms with Gasteiger partial charge in [-0.1, -0.05) is 24.9 Å². The average molecular weight is 268 g/mol. The molecule has 5 heteroatoms. The van der Waals surface area contributed by atoms with Gasteiger partial charge in [-0.25, -0.2) is 4.98 Å². The largest absolute Gasteiger partial charge is 0.381 e. The molecule has 0 fully saturated rings. The lowest BCUT2D eigenvalue weighted by atomic mass is 10.3. The molecule has 4 nitrogen and oxygen atoms in total. The number of nitrogens with one attached hydrogen (secondary N) is 1. The van der Waals surface area contributed by atoms with Gasteiger partial charge in [0.05, 0.1) is 11.6 Å². The van der Waals surface area contributed by atoms with E-state index in [1.165, 1.54) is 0 Å². The predicted octanol–water partition coefficient (Wildman–Crippen LogP) is 3.23. The molecule has 0 unspecified atom stereocenters. The summed E-state index contributed by atoms with van der Waals surface area (Å²) >= 11 is 5.80. The van der Waals surface area contributed by atoms with Crippen LogP contribution in [-0.2, 0) is 4.74 Å². The highest BCUT2D eigenvalue weighted by Gasteiger charge is 2.00. The molecule has 1 aromatic rings. The molecule has 0 saturated heterocycles. The molecule has 1 heterocycles. The molecule has 1 rings (SSSR count). The molecular weight excluding hydrogens is 250 g/mol. The highest BCUT2D eigenvalue weighted by molar-refractivity contribution is 6.29. The highest BCUT2D eigenvalue weighted by atomic mass is 35.5. The third-order valence-electron chi connectivity index (χ3n) is 2.34. The normalized spacial score (nSPS) is 10.1. The summed E-state index contributed by atoms with van der Waals surface area (Å²) in [6.07, 6.45) is 3.16. The predicted molar refractivity (Wildman–Crippen MR) is 72.8 cm³/mol. The van der Waals surface area contributed by atoms with Crippen LogP contribution in [0.2, 0.25) is 5.15 Å². The van der Waals surface area contributed by atoms with Crippen molar-refractivity contribution in [1.29, 1.82) is 5.26 Å². The van der Waals surface area contributed by atoms with E-state index >= 15 is 0 Å². The Kier molecular flexibility index (Phi) is 7.16. The van der Waals surface area contributed by atoms with Crippen LogP contribution in [0.5, 0.6) is 0 Å². The van der Waals surface area contributed by atoms with Crippen LogP contribution in [0.3, 0.4) is 0 Å². The fourth-order valence-corrected chi connectivity index (χ4v) is 1.60. The summed E-state index contributed by atoms with van der Waals surface area (Å²) in [5.41, 5.74) is 0.511. The number of unbranched alkanes of at least 4 members (excludes halogenated alkanes) is 1. The fourth-order valence-electron chi connectivity index (χ4n) is 1.39. The standard InChI is InChI=1S/C13H18ClN3O/c1-2-3-6-18-7-4-5-16-13-9-11(10-15)8-12(14)17-13/h8-9H,2-7H2,1H3,(H,16,17). The first-order valence-corrected chi connectivity index (χ1v) is 6.53. The number of anilines is 1. The van der Waals surface area contributed by atoms with Gasteiger partial charge >= 0.3 is 0 Å². The molecule has 0 amide bonds. The van der Waals surface area contributed by atoms with E-state index in [4.69, 9.17) is 21.6 Å². The van der Waals surface area contributed by atoms with E-state index in [2.05, 4.69) is 17.2 Å². The number of aromatic nitrogens is 1. The lowest BCUT2D eigenvalue weighted by Crippen LogP contribution is -2.07. The van der Waals surface area contributed by atoms with Gasteiger partial charge in [-0.05, 0) is 25.0 Å². The Morgan fingerprint density at radius 1 is 1.39 bits per heavy atom. The maximum Gasteiger partial charge on any atom is 0.132 e. The van der Waals surface area contributed by atoms with Gasteiger partial charge in [0.15, 0.2) is 0 Å². The van der Waals surface area contributed by atoms with Gasteiger partial charge < -0.3 is 10.1 Å². The van der Waals surface area contributed by atoms with Crippen molar-refractivity contribution in [2.75, 3.05) is 25.1 Å². The van der Waals surface area contributed by atoms with Crippen molar-refractivity contribution < 1.29 is 4.74 Å². The monoisotopic (exact) mass is 267 g/mol. The van der Waals surface area contributed by atoms with Crippen molar-refractivity contribution in [2.24, 2.45) is 0 Å². The number of rotatable bonds is 8. The molecule has 0 radical (unpaired) electrons. The van der Waals surface area contributed by atoms with Gasteiger partial charge in [-0.2, -0.15) is 5.26 Å². The van der Waals surface area contributed by atoms with Gasteiger partial charge in [0.2, 0.25) is 0 Å². The maximum atomic E-state index is 8.79. The molecule has 0 aliphatic heterocycles. The number of halogens is 1. The molecule has 0 spiro atoms. The van der Waals surface area contributed by atoms with E-state index in [9.17, 15) is 0 Å². The zero-order valence-electron chi connectivity index (χ0n) is 10.6. The summed E-state index contributed by atoms with van der Waals surface area (Å²) in [5.74, 6) is 0.632. The fraction of sp³-hybridized carbons (Fsp3) is 0.538. The quantitative estimate of drug-likeness (QED) is 0.580. The van der Waals surface area contributed by atoms with Crippen LogP contribution in [0.25, 0.3) is 0 Å². The summed E-state index contributed by atoms with van der Waals surface area (Å²) < 4.78 is 5.44. The first-order valence-electron chi connectivity index (χ1n) is 6.15. The van der Waals surface area contributed by atoms with Gasteiger partial charge in [0.1, 0.15) is 11.0 Å². The molecule has 0 aromatic carbocycles. The summed E-state index contributed by atoms with van der Waals surface area (Å²) in [5, 5.41) is 12.2. The molecule has 0 aliphatic carbocycles. The van der Waals surface area contributed by atoms with Crippen molar-refractivity contribution in [2.45, 2.75) is 26.2 Å². The molecule has 18 heavy (non-hydrogen) atoms. The Morgan fingerprint density at radius 3 is 2.89 bits per heavy atom. The van der Waals surface area contributed by atoms with Crippen molar-refractivity contribution >= 4 is 17.4 Å². The van der Waals surface area contributed by atoms with Crippen LogP contribution in [-0.4, -0.2) is 24.7 Å². The SMILES string of the molecule is CCCCOCCCNc1cc(C#N)cc(Cl)n1. The number of ether oxygens (including phenoxy) is 1. The smallest absolute Gasteiger partial charge is 0.132 e. The molecule has 0 bridgehead atoms. The van der Waals surface area contributed by atoms with Gasteiger partial charge in [-0.15, -0.1) is 0 Å². The average Bonchev–Trinajstić information content (AvgIpc) is 2.37. The zero-order valence-corrected chi connectivity index (χ0v) is 11.3. The second kappa shape index (κ2) is 8.73. The van der Waals surface area contributed by atoms with Gasteiger partial charge in [0.25, 0.3) is 0 Å². The van der Waals surface area contributed by atoms with Crippen LogP contribution < -0.4 is 5.32 Å². The van der Waals surface area contributed by atoms with Gasteiger partial charge in [0, 0.05) is 19.8 Å². The minimum Gasteiger partial charge on any atom is -0.381 e. The number of pyridine rings is 1. The Morgan fingerprint density at radius 2 is 2.17 bits per heavy atom. The van der Waals surface area contributed by atoms with E-state index in [-0.39, 0.29) is 0 Å². The summed E-state index contributed by atoms with van der Waals surface area (Å²) in [6.45, 7) is 4.45. The van der Waals surface area contributed by atoms with Crippen LogP contribution in [0.15, 0.2) is 12.1 Å². The van der Waals surface area contributed by atoms with Crippen molar-refractivity contribution in [1.82, 2.24) is 4.98 Å². The van der Waals surface area contributed by atoms with E-state index in [1.807, 2.05) is 6.07 Å². The van der Waals surface area contributed by atoms with Crippen LogP contribution >= 0.6 is 11.6 Å². The van der Waals surface area contributed by atoms with Crippen LogP contribution in [0.4, 0.5) is 5.82 Å². The highest BCUT2D eigenvalue weighted by Crippen LogP contribution is 2.13. The third kappa shape index (κ3) is 5.85. The lowest BCUT2D eigenvalue weighted by Gasteiger charge is -2.07. The molecule has 0 atom stereocenters. The number of nitrogens with zero attached hydrogens (tertiary/aromatic N) is 2. The maximum absolute atomic E-state index is 8.79. The Labute approximate surface area is 113 Å². The first kappa shape index (κ1) is 14.7. The Bertz CT molecular complexity index is 404. The molecule has 0 saturated carbocycles.